The smallest absolute Gasteiger partial charge is 0.254 e. The van der Waals surface area contributed by atoms with Crippen LogP contribution >= 0.6 is 0 Å². The largest absolute Gasteiger partial charge is 0.361 e. The molecule has 0 atom stereocenters. The Kier molecular flexibility index (Phi) is 5.85. The summed E-state index contributed by atoms with van der Waals surface area (Å²) in [4.78, 5) is 24.3. The van der Waals surface area contributed by atoms with Gasteiger partial charge in [0.15, 0.2) is 0 Å². The van der Waals surface area contributed by atoms with Crippen molar-refractivity contribution >= 4 is 22.8 Å². The fourth-order valence-corrected chi connectivity index (χ4v) is 3.88. The van der Waals surface area contributed by atoms with Crippen LogP contribution in [-0.2, 0) is 6.42 Å². The summed E-state index contributed by atoms with van der Waals surface area (Å²) >= 11 is 0. The topological polar surface area (TPSA) is 82.7 Å². The average Bonchev–Trinajstić information content (AvgIpc) is 2.96. The highest BCUT2D eigenvalue weighted by atomic mass is 16.1. The van der Waals surface area contributed by atoms with Crippen LogP contribution in [0.3, 0.4) is 0 Å². The molecule has 2 aromatic heterocycles. The monoisotopic (exact) mass is 377 g/mol. The summed E-state index contributed by atoms with van der Waals surface area (Å²) in [5.41, 5.74) is 2.81. The number of fused-ring (bicyclic) bond motifs is 1. The first-order chi connectivity index (χ1) is 13.8. The van der Waals surface area contributed by atoms with Crippen molar-refractivity contribution in [2.75, 3.05) is 11.9 Å². The Bertz CT molecular complexity index is 910. The average molecular weight is 377 g/mol. The van der Waals surface area contributed by atoms with Crippen molar-refractivity contribution in [1.82, 2.24) is 20.3 Å². The van der Waals surface area contributed by atoms with Crippen LogP contribution in [0.4, 0.5) is 5.95 Å². The molecule has 6 heteroatoms. The van der Waals surface area contributed by atoms with E-state index in [2.05, 4.69) is 37.7 Å². The molecule has 1 amide bonds. The zero-order chi connectivity index (χ0) is 19.2. The van der Waals surface area contributed by atoms with E-state index >= 15 is 0 Å². The first-order valence-corrected chi connectivity index (χ1v) is 10.2. The Balaban J connectivity index is 1.28. The third kappa shape index (κ3) is 4.50. The Hall–Kier alpha value is -2.89. The summed E-state index contributed by atoms with van der Waals surface area (Å²) in [5.74, 6) is 0.475. The molecule has 0 bridgehead atoms. The van der Waals surface area contributed by atoms with Crippen LogP contribution in [-0.4, -0.2) is 33.4 Å². The zero-order valence-electron chi connectivity index (χ0n) is 16.1. The number of aromatic nitrogens is 3. The minimum absolute atomic E-state index is 0.138. The van der Waals surface area contributed by atoms with Gasteiger partial charge < -0.3 is 15.6 Å². The van der Waals surface area contributed by atoms with Crippen LogP contribution < -0.4 is 10.6 Å². The molecule has 0 aliphatic heterocycles. The second kappa shape index (κ2) is 8.87. The maximum absolute atomic E-state index is 12.4. The van der Waals surface area contributed by atoms with E-state index in [0.717, 1.165) is 11.9 Å². The van der Waals surface area contributed by atoms with E-state index < -0.39 is 0 Å². The number of carbonyl (C=O) groups is 1. The van der Waals surface area contributed by atoms with Gasteiger partial charge in [0, 0.05) is 42.1 Å². The molecule has 0 radical (unpaired) electrons. The number of anilines is 1. The molecule has 0 unspecified atom stereocenters. The predicted octanol–water partition coefficient (Wildman–Crippen LogP) is 4.07. The number of hydrogen-bond acceptors (Lipinski definition) is 4. The lowest BCUT2D eigenvalue weighted by Gasteiger charge is -2.15. The van der Waals surface area contributed by atoms with E-state index in [-0.39, 0.29) is 5.91 Å². The zero-order valence-corrected chi connectivity index (χ0v) is 16.1. The van der Waals surface area contributed by atoms with Crippen LogP contribution in [0.25, 0.3) is 10.9 Å². The quantitative estimate of drug-likeness (QED) is 0.566. The van der Waals surface area contributed by atoms with E-state index in [0.29, 0.717) is 24.1 Å². The van der Waals surface area contributed by atoms with Crippen molar-refractivity contribution in [2.45, 2.75) is 51.0 Å². The van der Waals surface area contributed by atoms with Crippen LogP contribution in [0.15, 0.2) is 42.9 Å². The van der Waals surface area contributed by atoms with Gasteiger partial charge in [-0.2, -0.15) is 0 Å². The van der Waals surface area contributed by atoms with E-state index in [1.54, 1.807) is 12.4 Å². The van der Waals surface area contributed by atoms with Gasteiger partial charge in [0.25, 0.3) is 5.91 Å². The van der Waals surface area contributed by atoms with Gasteiger partial charge in [-0.25, -0.2) is 9.97 Å². The predicted molar refractivity (Wildman–Crippen MR) is 111 cm³/mol. The highest BCUT2D eigenvalue weighted by Gasteiger charge is 2.14. The summed E-state index contributed by atoms with van der Waals surface area (Å²) in [5, 5.41) is 7.57. The summed E-state index contributed by atoms with van der Waals surface area (Å²) in [6.07, 6.45) is 13.5. The van der Waals surface area contributed by atoms with Crippen LogP contribution in [0.5, 0.6) is 0 Å². The van der Waals surface area contributed by atoms with Crippen molar-refractivity contribution in [2.24, 2.45) is 0 Å². The third-order valence-corrected chi connectivity index (χ3v) is 5.46. The van der Waals surface area contributed by atoms with Crippen LogP contribution in [0, 0.1) is 0 Å². The Morgan fingerprint density at radius 3 is 2.61 bits per heavy atom. The number of H-pyrrole nitrogens is 1. The number of nitrogens with zero attached hydrogens (tertiary/aromatic N) is 2. The first kappa shape index (κ1) is 18.5. The number of benzene rings is 1. The molecule has 1 aliphatic carbocycles. The van der Waals surface area contributed by atoms with E-state index in [1.165, 1.54) is 49.5 Å². The minimum Gasteiger partial charge on any atom is -0.361 e. The Morgan fingerprint density at radius 2 is 1.82 bits per heavy atom. The van der Waals surface area contributed by atoms with Gasteiger partial charge in [-0.1, -0.05) is 43.9 Å². The second-order valence-corrected chi connectivity index (χ2v) is 7.49. The molecular formula is C22H27N5O. The van der Waals surface area contributed by atoms with Crippen molar-refractivity contribution in [3.8, 4) is 0 Å². The molecular weight excluding hydrogens is 350 g/mol. The number of amides is 1. The number of nitrogens with one attached hydrogen (secondary N) is 3. The SMILES string of the molecule is O=C(NCCc1c[nH]c2ccccc12)c1cnc(NC2CCCCCC2)nc1. The molecule has 4 rings (SSSR count). The molecule has 1 aliphatic rings. The van der Waals surface area contributed by atoms with Crippen LogP contribution in [0.2, 0.25) is 0 Å². The molecule has 1 saturated carbocycles. The van der Waals surface area contributed by atoms with Crippen LogP contribution in [0.1, 0.15) is 54.4 Å². The highest BCUT2D eigenvalue weighted by Crippen LogP contribution is 2.20. The van der Waals surface area contributed by atoms with Gasteiger partial charge in [0.1, 0.15) is 0 Å². The fourth-order valence-electron chi connectivity index (χ4n) is 3.88. The van der Waals surface area contributed by atoms with Gasteiger partial charge in [-0.15, -0.1) is 0 Å². The van der Waals surface area contributed by atoms with Gasteiger partial charge in [0.05, 0.1) is 5.56 Å². The summed E-state index contributed by atoms with van der Waals surface area (Å²) in [7, 11) is 0. The normalized spacial score (nSPS) is 15.3. The summed E-state index contributed by atoms with van der Waals surface area (Å²) in [6, 6.07) is 8.63. The van der Waals surface area contributed by atoms with Crippen molar-refractivity contribution in [3.63, 3.8) is 0 Å². The molecule has 3 aromatic rings. The first-order valence-electron chi connectivity index (χ1n) is 10.2. The summed E-state index contributed by atoms with van der Waals surface area (Å²) in [6.45, 7) is 0.572. The number of carbonyl (C=O) groups excluding carboxylic acids is 1. The molecule has 2 heterocycles. The molecule has 1 aromatic carbocycles. The van der Waals surface area contributed by atoms with Crippen molar-refractivity contribution in [1.29, 1.82) is 0 Å². The van der Waals surface area contributed by atoms with Crippen molar-refractivity contribution in [3.05, 3.63) is 54.0 Å². The van der Waals surface area contributed by atoms with Gasteiger partial charge >= 0.3 is 0 Å². The summed E-state index contributed by atoms with van der Waals surface area (Å²) < 4.78 is 0. The van der Waals surface area contributed by atoms with Gasteiger partial charge in [0.2, 0.25) is 5.95 Å². The van der Waals surface area contributed by atoms with Crippen molar-refractivity contribution < 1.29 is 4.79 Å². The Morgan fingerprint density at radius 1 is 1.07 bits per heavy atom. The van der Waals surface area contributed by atoms with Gasteiger partial charge in [-0.3, -0.25) is 4.79 Å². The second-order valence-electron chi connectivity index (χ2n) is 7.49. The maximum atomic E-state index is 12.4. The maximum Gasteiger partial charge on any atom is 0.254 e. The molecule has 146 valence electrons. The molecule has 0 spiro atoms. The minimum atomic E-state index is -0.138. The lowest BCUT2D eigenvalue weighted by atomic mass is 10.1. The highest BCUT2D eigenvalue weighted by molar-refractivity contribution is 5.93. The standard InChI is InChI=1S/C22H27N5O/c28-21(23-12-11-16-13-24-20-10-6-5-9-19(16)20)17-14-25-22(26-15-17)27-18-7-3-1-2-4-8-18/h5-6,9-10,13-15,18,24H,1-4,7-8,11-12H2,(H,23,28)(H,25,26,27). The fraction of sp³-hybridized carbons (Fsp3) is 0.409. The molecule has 6 nitrogen and oxygen atoms in total. The lowest BCUT2D eigenvalue weighted by molar-refractivity contribution is 0.0953. The van der Waals surface area contributed by atoms with E-state index in [1.807, 2.05) is 18.3 Å². The number of para-hydroxylation sites is 1. The number of hydrogen-bond donors (Lipinski definition) is 3. The van der Waals surface area contributed by atoms with E-state index in [4.69, 9.17) is 0 Å². The molecule has 1 fully saturated rings. The third-order valence-electron chi connectivity index (χ3n) is 5.46. The Labute approximate surface area is 165 Å². The molecule has 3 N–H and O–H groups in total. The number of rotatable bonds is 6. The van der Waals surface area contributed by atoms with E-state index in [9.17, 15) is 4.79 Å². The molecule has 0 saturated heterocycles. The number of aromatic amines is 1. The lowest BCUT2D eigenvalue weighted by Crippen LogP contribution is -2.26. The van der Waals surface area contributed by atoms with Gasteiger partial charge in [-0.05, 0) is 30.9 Å². The molecule has 28 heavy (non-hydrogen) atoms.